The van der Waals surface area contributed by atoms with Crippen LogP contribution in [0, 0.1) is 0 Å². The van der Waals surface area contributed by atoms with Crippen molar-refractivity contribution in [3.05, 3.63) is 12.2 Å². The average Bonchev–Trinajstić information content (AvgIpc) is 2.52. The summed E-state index contributed by atoms with van der Waals surface area (Å²) in [5.41, 5.74) is 0.487. The van der Waals surface area contributed by atoms with E-state index in [0.29, 0.717) is 12.2 Å². The van der Waals surface area contributed by atoms with Crippen LogP contribution < -0.4 is 0 Å². The summed E-state index contributed by atoms with van der Waals surface area (Å²) in [5, 5.41) is 0. The van der Waals surface area contributed by atoms with Crippen LogP contribution in [0.3, 0.4) is 0 Å². The average molecular weight is 326 g/mol. The van der Waals surface area contributed by atoms with Crippen LogP contribution in [0.5, 0.6) is 0 Å². The van der Waals surface area contributed by atoms with Gasteiger partial charge in [-0.1, -0.05) is 59.0 Å². The molecule has 0 saturated heterocycles. The standard InChI is InChI=1S/C20H39NO2/c1-5-15-21(16-6-2)17-13-11-9-7-8-10-12-14-18-23-20(22)19(3)4/h3,5-18H2,1-2,4H3. The first-order chi connectivity index (χ1) is 11.1. The Kier molecular flexibility index (Phi) is 15.5. The molecule has 0 aliphatic rings. The fraction of sp³-hybridized carbons (Fsp3) is 0.850. The Bertz CT molecular complexity index is 296. The lowest BCUT2D eigenvalue weighted by molar-refractivity contribution is -0.139. The molecule has 0 bridgehead atoms. The first-order valence-electron chi connectivity index (χ1n) is 9.66. The third-order valence-corrected chi connectivity index (χ3v) is 4.03. The van der Waals surface area contributed by atoms with Gasteiger partial charge in [0, 0.05) is 5.57 Å². The Labute approximate surface area is 144 Å². The van der Waals surface area contributed by atoms with Gasteiger partial charge in [-0.25, -0.2) is 4.79 Å². The molecule has 0 fully saturated rings. The van der Waals surface area contributed by atoms with Crippen LogP contribution in [-0.2, 0) is 9.53 Å². The van der Waals surface area contributed by atoms with Gasteiger partial charge in [-0.15, -0.1) is 0 Å². The highest BCUT2D eigenvalue weighted by Gasteiger charge is 2.02. The van der Waals surface area contributed by atoms with Gasteiger partial charge in [0.2, 0.25) is 0 Å². The summed E-state index contributed by atoms with van der Waals surface area (Å²) in [5.74, 6) is -0.259. The monoisotopic (exact) mass is 325 g/mol. The summed E-state index contributed by atoms with van der Waals surface area (Å²) in [7, 11) is 0. The molecular formula is C20H39NO2. The first-order valence-corrected chi connectivity index (χ1v) is 9.66. The van der Waals surface area contributed by atoms with Gasteiger partial charge in [0.05, 0.1) is 6.61 Å². The lowest BCUT2D eigenvalue weighted by Crippen LogP contribution is -2.26. The Morgan fingerprint density at radius 2 is 1.30 bits per heavy atom. The molecule has 136 valence electrons. The highest BCUT2D eigenvalue weighted by atomic mass is 16.5. The van der Waals surface area contributed by atoms with Gasteiger partial charge >= 0.3 is 5.97 Å². The number of unbranched alkanes of at least 4 members (excludes halogenated alkanes) is 7. The minimum Gasteiger partial charge on any atom is -0.462 e. The van der Waals surface area contributed by atoms with Crippen molar-refractivity contribution in [2.75, 3.05) is 26.2 Å². The summed E-state index contributed by atoms with van der Waals surface area (Å²) < 4.78 is 5.08. The highest BCUT2D eigenvalue weighted by Crippen LogP contribution is 2.10. The lowest BCUT2D eigenvalue weighted by Gasteiger charge is -2.20. The highest BCUT2D eigenvalue weighted by molar-refractivity contribution is 5.86. The lowest BCUT2D eigenvalue weighted by atomic mass is 10.1. The molecule has 0 spiro atoms. The normalized spacial score (nSPS) is 11.0. The fourth-order valence-corrected chi connectivity index (χ4v) is 2.75. The van der Waals surface area contributed by atoms with Crippen molar-refractivity contribution < 1.29 is 9.53 Å². The van der Waals surface area contributed by atoms with Crippen LogP contribution in [0.2, 0.25) is 0 Å². The van der Waals surface area contributed by atoms with E-state index < -0.39 is 0 Å². The number of carbonyl (C=O) groups excluding carboxylic acids is 1. The number of carbonyl (C=O) groups is 1. The van der Waals surface area contributed by atoms with E-state index >= 15 is 0 Å². The minimum absolute atomic E-state index is 0.259. The predicted octanol–water partition coefficient (Wildman–Crippen LogP) is 5.35. The van der Waals surface area contributed by atoms with E-state index in [1.54, 1.807) is 6.92 Å². The molecule has 23 heavy (non-hydrogen) atoms. The van der Waals surface area contributed by atoms with Crippen LogP contribution >= 0.6 is 0 Å². The van der Waals surface area contributed by atoms with Gasteiger partial charge in [0.25, 0.3) is 0 Å². The Balaban J connectivity index is 3.30. The number of nitrogens with zero attached hydrogens (tertiary/aromatic N) is 1. The van der Waals surface area contributed by atoms with Crippen molar-refractivity contribution in [3.63, 3.8) is 0 Å². The summed E-state index contributed by atoms with van der Waals surface area (Å²) in [4.78, 5) is 13.8. The predicted molar refractivity (Wildman–Crippen MR) is 99.7 cm³/mol. The third-order valence-electron chi connectivity index (χ3n) is 4.03. The quantitative estimate of drug-likeness (QED) is 0.218. The molecule has 0 aromatic rings. The summed E-state index contributed by atoms with van der Waals surface area (Å²) >= 11 is 0. The van der Waals surface area contributed by atoms with Crippen LogP contribution in [0.4, 0.5) is 0 Å². The van der Waals surface area contributed by atoms with Gasteiger partial charge < -0.3 is 9.64 Å². The summed E-state index contributed by atoms with van der Waals surface area (Å²) in [6.07, 6.45) is 12.6. The second-order valence-corrected chi connectivity index (χ2v) is 6.59. The van der Waals surface area contributed by atoms with Crippen molar-refractivity contribution in [2.24, 2.45) is 0 Å². The van der Waals surface area contributed by atoms with E-state index in [0.717, 1.165) is 12.8 Å². The van der Waals surface area contributed by atoms with Crippen molar-refractivity contribution in [1.29, 1.82) is 0 Å². The molecule has 0 saturated carbocycles. The molecule has 0 atom stereocenters. The van der Waals surface area contributed by atoms with E-state index in [-0.39, 0.29) is 5.97 Å². The number of hydrogen-bond donors (Lipinski definition) is 0. The van der Waals surface area contributed by atoms with Gasteiger partial charge in [-0.05, 0) is 52.2 Å². The van der Waals surface area contributed by atoms with Gasteiger partial charge in [-0.2, -0.15) is 0 Å². The molecule has 0 aromatic heterocycles. The Morgan fingerprint density at radius 1 is 0.826 bits per heavy atom. The van der Waals surface area contributed by atoms with Crippen LogP contribution in [0.1, 0.15) is 85.0 Å². The summed E-state index contributed by atoms with van der Waals surface area (Å²) in [6, 6.07) is 0. The zero-order valence-corrected chi connectivity index (χ0v) is 15.9. The van der Waals surface area contributed by atoms with Crippen molar-refractivity contribution in [1.82, 2.24) is 4.90 Å². The van der Waals surface area contributed by atoms with Crippen molar-refractivity contribution in [2.45, 2.75) is 85.0 Å². The zero-order valence-electron chi connectivity index (χ0n) is 15.9. The van der Waals surface area contributed by atoms with Gasteiger partial charge in [0.15, 0.2) is 0 Å². The fourth-order valence-electron chi connectivity index (χ4n) is 2.75. The second kappa shape index (κ2) is 16.0. The van der Waals surface area contributed by atoms with Crippen molar-refractivity contribution >= 4 is 5.97 Å². The maximum atomic E-state index is 11.2. The van der Waals surface area contributed by atoms with Gasteiger partial charge in [0.1, 0.15) is 0 Å². The number of ether oxygens (including phenoxy) is 1. The number of esters is 1. The van der Waals surface area contributed by atoms with E-state index in [1.807, 2.05) is 0 Å². The third kappa shape index (κ3) is 14.5. The largest absolute Gasteiger partial charge is 0.462 e. The molecule has 0 heterocycles. The number of hydrogen-bond acceptors (Lipinski definition) is 3. The second-order valence-electron chi connectivity index (χ2n) is 6.59. The molecule has 3 nitrogen and oxygen atoms in total. The molecule has 0 N–H and O–H groups in total. The molecule has 0 rings (SSSR count). The molecule has 3 heteroatoms. The van der Waals surface area contributed by atoms with E-state index in [2.05, 4.69) is 25.3 Å². The first kappa shape index (κ1) is 22.2. The maximum absolute atomic E-state index is 11.2. The minimum atomic E-state index is -0.259. The van der Waals surface area contributed by atoms with Gasteiger partial charge in [-0.3, -0.25) is 0 Å². The van der Waals surface area contributed by atoms with Crippen LogP contribution in [0.25, 0.3) is 0 Å². The molecule has 0 amide bonds. The molecule has 0 aliphatic carbocycles. The molecule has 0 radical (unpaired) electrons. The smallest absolute Gasteiger partial charge is 0.333 e. The Hall–Kier alpha value is -0.830. The number of rotatable bonds is 16. The summed E-state index contributed by atoms with van der Waals surface area (Å²) in [6.45, 7) is 14.1. The molecule has 0 aromatic carbocycles. The zero-order chi connectivity index (χ0) is 17.3. The SMILES string of the molecule is C=C(C)C(=O)OCCCCCCCCCCN(CCC)CCC. The van der Waals surface area contributed by atoms with E-state index in [1.165, 1.54) is 71.0 Å². The molecule has 0 unspecified atom stereocenters. The topological polar surface area (TPSA) is 29.5 Å². The molecular weight excluding hydrogens is 286 g/mol. The van der Waals surface area contributed by atoms with E-state index in [4.69, 9.17) is 4.74 Å². The van der Waals surface area contributed by atoms with E-state index in [9.17, 15) is 4.79 Å². The van der Waals surface area contributed by atoms with Crippen LogP contribution in [-0.4, -0.2) is 37.1 Å². The Morgan fingerprint density at radius 3 is 1.78 bits per heavy atom. The van der Waals surface area contributed by atoms with Crippen molar-refractivity contribution in [3.8, 4) is 0 Å². The van der Waals surface area contributed by atoms with Crippen LogP contribution in [0.15, 0.2) is 12.2 Å². The molecule has 0 aliphatic heterocycles. The maximum Gasteiger partial charge on any atom is 0.333 e.